The van der Waals surface area contributed by atoms with Crippen LogP contribution in [0.2, 0.25) is 0 Å². The zero-order valence-corrected chi connectivity index (χ0v) is 41.8. The molecule has 15 atom stereocenters. The minimum atomic E-state index is -1.78. The van der Waals surface area contributed by atoms with Crippen molar-refractivity contribution in [3.8, 4) is 0 Å². The van der Waals surface area contributed by atoms with Gasteiger partial charge in [-0.2, -0.15) is 0 Å². The van der Waals surface area contributed by atoms with Gasteiger partial charge in [0, 0.05) is 56.3 Å². The van der Waals surface area contributed by atoms with Gasteiger partial charge >= 0.3 is 5.97 Å². The van der Waals surface area contributed by atoms with Crippen LogP contribution in [0.25, 0.3) is 12.2 Å². The molecular formula is C53H71BrN2O13. The van der Waals surface area contributed by atoms with E-state index in [-0.39, 0.29) is 80.0 Å². The molecule has 15 nitrogen and oxygen atoms in total. The first-order chi connectivity index (χ1) is 33.1. The number of aromatic nitrogens is 2. The number of hydrogen-bond acceptors (Lipinski definition) is 15. The summed E-state index contributed by atoms with van der Waals surface area (Å²) < 4.78 is 43.9. The van der Waals surface area contributed by atoms with E-state index in [1.165, 1.54) is 12.3 Å². The van der Waals surface area contributed by atoms with Crippen molar-refractivity contribution in [2.24, 2.45) is 23.7 Å². The highest BCUT2D eigenvalue weighted by atomic mass is 79.9. The standard InChI is InChI=1S/C53H71BrN2O13/c1-31(14-15-36(27-57)9-8-16-54)19-44(60)47-21-37(28-58)25-53(62,69-47)26-49-55-38(29-63-49)20-33(3)51-35(5)52-34(4)45(67-51)11-7-12-48-56-43(30-64-48)46-23-39(59)22-42(66-46)24-41-18-32(2)17-40(65-41)10-6-13-50(61)68-52/h6-8,12-16,19-20,29-30,34-37,39-42,44-47,51-52,57-60,62H,2,9-11,17-18,21-28H2,1,3-5H3/b12-7+,13-6-,15-14+,16-8+,31-19+,33-20+/t34-,35-,36+,37+,39+,40-,41+,42-,44+,45+,46+,47+,51-,52-,53-/m0/s1. The fourth-order valence-corrected chi connectivity index (χ4v) is 10.7. The van der Waals surface area contributed by atoms with Crippen LogP contribution in [0.15, 0.2) is 92.2 Å². The molecule has 5 aliphatic rings. The first-order valence-corrected chi connectivity index (χ1v) is 25.4. The topological polar surface area (TPSA) is 216 Å². The van der Waals surface area contributed by atoms with Crippen molar-refractivity contribution < 1.29 is 62.8 Å². The average molecular weight is 1020 g/mol. The second kappa shape index (κ2) is 24.5. The largest absolute Gasteiger partial charge is 0.458 e. The molecule has 0 aliphatic carbocycles. The summed E-state index contributed by atoms with van der Waals surface area (Å²) in [5.41, 5.74) is 3.75. The highest BCUT2D eigenvalue weighted by molar-refractivity contribution is 9.11. The number of allylic oxidation sites excluding steroid dienone is 3. The molecule has 7 heterocycles. The molecule has 2 aromatic heterocycles. The first kappa shape index (κ1) is 53.0. The summed E-state index contributed by atoms with van der Waals surface area (Å²) in [6.45, 7) is 11.9. The molecule has 69 heavy (non-hydrogen) atoms. The van der Waals surface area contributed by atoms with Crippen molar-refractivity contribution in [2.45, 2.75) is 165 Å². The van der Waals surface area contributed by atoms with Gasteiger partial charge in [0.2, 0.25) is 5.89 Å². The van der Waals surface area contributed by atoms with E-state index in [4.69, 9.17) is 37.5 Å². The second-order valence-electron chi connectivity index (χ2n) is 19.9. The lowest BCUT2D eigenvalue weighted by Crippen LogP contribution is -2.50. The molecule has 0 unspecified atom stereocenters. The lowest BCUT2D eigenvalue weighted by atomic mass is 9.79. The van der Waals surface area contributed by atoms with E-state index in [9.17, 15) is 30.3 Å². The molecule has 0 saturated carbocycles. The van der Waals surface area contributed by atoms with Crippen molar-refractivity contribution in [1.29, 1.82) is 0 Å². The highest BCUT2D eigenvalue weighted by Crippen LogP contribution is 2.40. The summed E-state index contributed by atoms with van der Waals surface area (Å²) in [5, 5.41) is 53.7. The number of halogens is 1. The Bertz CT molecular complexity index is 2210. The van der Waals surface area contributed by atoms with Gasteiger partial charge in [-0.05, 0) is 87.4 Å². The fraction of sp³-hybridized carbons (Fsp3) is 0.604. The Morgan fingerprint density at radius 1 is 0.971 bits per heavy atom. The maximum atomic E-state index is 13.5. The van der Waals surface area contributed by atoms with E-state index < -0.39 is 48.4 Å². The van der Waals surface area contributed by atoms with Gasteiger partial charge in [-0.15, -0.1) is 0 Å². The number of oxazole rings is 2. The molecule has 0 aromatic carbocycles. The summed E-state index contributed by atoms with van der Waals surface area (Å²) in [5.74, 6) is -2.50. The molecule has 378 valence electrons. The van der Waals surface area contributed by atoms with Crippen molar-refractivity contribution in [2.75, 3.05) is 13.2 Å². The number of aliphatic hydroxyl groups excluding tert-OH is 4. The van der Waals surface area contributed by atoms with Crippen molar-refractivity contribution in [1.82, 2.24) is 9.97 Å². The third-order valence-corrected chi connectivity index (χ3v) is 14.4. The quantitative estimate of drug-likeness (QED) is 0.0775. The number of rotatable bonds is 12. The molecule has 5 aliphatic heterocycles. The number of aliphatic hydroxyl groups is 5. The average Bonchev–Trinajstić information content (AvgIpc) is 3.96. The third kappa shape index (κ3) is 14.6. The van der Waals surface area contributed by atoms with Gasteiger partial charge in [-0.25, -0.2) is 14.8 Å². The Kier molecular flexibility index (Phi) is 18.9. The number of esters is 1. The molecule has 0 spiro atoms. The molecule has 0 radical (unpaired) electrons. The minimum Gasteiger partial charge on any atom is -0.458 e. The molecule has 7 rings (SSSR count). The number of nitrogens with zero attached hydrogens (tertiary/aromatic N) is 2. The highest BCUT2D eigenvalue weighted by Gasteiger charge is 2.45. The SMILES string of the molecule is C=C1C[C@@H]2C[C@@H]3C[C@@H](O)C[C@@H](O3)c3coc(n3)/C=C/C[C@H]3O[C@@H](/C(C)=C/c4coc(C[C@]5(O)C[C@H](CO)C[C@H]([C@H](O)/C=C(C)/C=C/[C@H](CO)C/C=C/Br)O5)n4)[C@H](C)[C@@H](OC(=O)/C=C\C[C@@H](C1)O2)[C@H]3C. The summed E-state index contributed by atoms with van der Waals surface area (Å²) in [6, 6.07) is 0. The maximum absolute atomic E-state index is 13.5. The first-order valence-electron chi connectivity index (χ1n) is 24.4. The monoisotopic (exact) mass is 1020 g/mol. The van der Waals surface area contributed by atoms with Gasteiger partial charge in [0.25, 0.3) is 0 Å². The smallest absolute Gasteiger partial charge is 0.330 e. The predicted molar refractivity (Wildman–Crippen MR) is 261 cm³/mol. The molecule has 2 aromatic rings. The number of hydrogen-bond donors (Lipinski definition) is 5. The zero-order chi connectivity index (χ0) is 49.2. The zero-order valence-electron chi connectivity index (χ0n) is 40.2. The van der Waals surface area contributed by atoms with Crippen LogP contribution in [-0.4, -0.2) is 115 Å². The number of ether oxygens (including phenoxy) is 5. The van der Waals surface area contributed by atoms with Crippen molar-refractivity contribution in [3.63, 3.8) is 0 Å². The van der Waals surface area contributed by atoms with Gasteiger partial charge in [0.05, 0.1) is 55.3 Å². The Morgan fingerprint density at radius 2 is 1.77 bits per heavy atom. The Balaban J connectivity index is 1.06. The molecule has 4 saturated heterocycles. The predicted octanol–water partition coefficient (Wildman–Crippen LogP) is 7.94. The van der Waals surface area contributed by atoms with Gasteiger partial charge in [-0.1, -0.05) is 84.0 Å². The maximum Gasteiger partial charge on any atom is 0.330 e. The normalized spacial score (nSPS) is 36.1. The minimum absolute atomic E-state index is 0.0203. The van der Waals surface area contributed by atoms with Gasteiger partial charge in [0.15, 0.2) is 11.7 Å². The van der Waals surface area contributed by atoms with Gasteiger partial charge in [0.1, 0.15) is 36.1 Å². The van der Waals surface area contributed by atoms with Crippen LogP contribution >= 0.6 is 15.9 Å². The van der Waals surface area contributed by atoms with Crippen LogP contribution < -0.4 is 0 Å². The molecule has 8 bridgehead atoms. The fourth-order valence-electron chi connectivity index (χ4n) is 10.5. The van der Waals surface area contributed by atoms with E-state index in [0.717, 1.165) is 16.7 Å². The van der Waals surface area contributed by atoms with E-state index in [1.54, 1.807) is 23.4 Å². The lowest BCUT2D eigenvalue weighted by molar-refractivity contribution is -0.279. The van der Waals surface area contributed by atoms with Crippen molar-refractivity contribution in [3.05, 3.63) is 107 Å². The van der Waals surface area contributed by atoms with E-state index in [2.05, 4.69) is 27.5 Å². The van der Waals surface area contributed by atoms with Gasteiger partial charge in [-0.3, -0.25) is 0 Å². The van der Waals surface area contributed by atoms with Crippen LogP contribution in [-0.2, 0) is 34.9 Å². The number of carbonyl (C=O) groups is 1. The second-order valence-corrected chi connectivity index (χ2v) is 20.4. The Morgan fingerprint density at radius 3 is 2.55 bits per heavy atom. The summed E-state index contributed by atoms with van der Waals surface area (Å²) in [4.78, 5) is 24.7. The van der Waals surface area contributed by atoms with Crippen LogP contribution in [0.3, 0.4) is 0 Å². The summed E-state index contributed by atoms with van der Waals surface area (Å²) in [6.07, 6.45) is 19.3. The molecule has 5 N–H and O–H groups in total. The third-order valence-electron chi connectivity index (χ3n) is 14.0. The van der Waals surface area contributed by atoms with E-state index >= 15 is 0 Å². The Labute approximate surface area is 413 Å². The van der Waals surface area contributed by atoms with Crippen LogP contribution in [0, 0.1) is 23.7 Å². The van der Waals surface area contributed by atoms with E-state index in [0.29, 0.717) is 75.1 Å². The van der Waals surface area contributed by atoms with Crippen LogP contribution in [0.5, 0.6) is 0 Å². The molecule has 4 fully saturated rings. The molecule has 16 heteroatoms. The lowest BCUT2D eigenvalue weighted by Gasteiger charge is -2.44. The van der Waals surface area contributed by atoms with Crippen molar-refractivity contribution >= 4 is 34.1 Å². The van der Waals surface area contributed by atoms with Crippen LogP contribution in [0.1, 0.15) is 121 Å². The molecule has 0 amide bonds. The summed E-state index contributed by atoms with van der Waals surface area (Å²) in [7, 11) is 0. The van der Waals surface area contributed by atoms with Gasteiger partial charge < -0.3 is 58.1 Å². The Hall–Kier alpha value is -3.81. The molecular weight excluding hydrogens is 952 g/mol. The number of fused-ring (bicyclic) bond motifs is 9. The van der Waals surface area contributed by atoms with Crippen LogP contribution in [0.4, 0.5) is 0 Å². The number of carbonyl (C=O) groups excluding carboxylic acids is 1. The van der Waals surface area contributed by atoms with E-state index in [1.807, 2.05) is 64.2 Å². The summed E-state index contributed by atoms with van der Waals surface area (Å²) >= 11 is 3.25.